The minimum Gasteiger partial charge on any atom is -0.384 e. The smallest absolute Gasteiger partial charge is 0.227 e. The van der Waals surface area contributed by atoms with Crippen molar-refractivity contribution in [3.63, 3.8) is 0 Å². The van der Waals surface area contributed by atoms with Gasteiger partial charge in [0.05, 0.1) is 0 Å². The molecule has 0 aliphatic carbocycles. The number of nitrogens with one attached hydrogen (secondary N) is 1. The average molecular weight is 273 g/mol. The number of aryl methyl sites for hydroxylation is 1. The van der Waals surface area contributed by atoms with Gasteiger partial charge in [-0.25, -0.2) is 0 Å². The number of ether oxygens (including phenoxy) is 1. The van der Waals surface area contributed by atoms with E-state index in [1.165, 1.54) is 0 Å². The van der Waals surface area contributed by atoms with E-state index in [4.69, 9.17) is 9.84 Å². The van der Waals surface area contributed by atoms with E-state index in [1.807, 2.05) is 25.1 Å². The van der Waals surface area contributed by atoms with E-state index in [0.29, 0.717) is 13.2 Å². The number of hydrogen-bond acceptors (Lipinski definition) is 3. The Bertz CT molecular complexity index is 536. The maximum atomic E-state index is 12.1. The lowest BCUT2D eigenvalue weighted by molar-refractivity contribution is -0.122. The molecule has 1 fully saturated rings. The third-order valence-corrected chi connectivity index (χ3v) is 3.39. The highest BCUT2D eigenvalue weighted by Crippen LogP contribution is 2.20. The van der Waals surface area contributed by atoms with Gasteiger partial charge in [0.15, 0.2) is 0 Å². The lowest BCUT2D eigenvalue weighted by Gasteiger charge is -2.21. The van der Waals surface area contributed by atoms with Crippen LogP contribution in [0.1, 0.15) is 24.0 Å². The van der Waals surface area contributed by atoms with Gasteiger partial charge in [0.25, 0.3) is 0 Å². The van der Waals surface area contributed by atoms with E-state index in [0.717, 1.165) is 29.7 Å². The summed E-state index contributed by atoms with van der Waals surface area (Å²) >= 11 is 0. The molecule has 0 radical (unpaired) electrons. The predicted molar refractivity (Wildman–Crippen MR) is 77.3 cm³/mol. The molecule has 2 N–H and O–H groups in total. The highest BCUT2D eigenvalue weighted by atomic mass is 16.5. The van der Waals surface area contributed by atoms with Crippen LogP contribution < -0.4 is 5.32 Å². The Balaban J connectivity index is 2.03. The van der Waals surface area contributed by atoms with Crippen LogP contribution in [0, 0.1) is 24.7 Å². The van der Waals surface area contributed by atoms with Crippen LogP contribution in [-0.2, 0) is 9.53 Å². The van der Waals surface area contributed by atoms with Gasteiger partial charge in [-0.1, -0.05) is 11.8 Å². The van der Waals surface area contributed by atoms with Gasteiger partial charge in [0, 0.05) is 30.4 Å². The Morgan fingerprint density at radius 3 is 2.85 bits per heavy atom. The number of amides is 1. The molecule has 2 rings (SSSR count). The first-order valence-electron chi connectivity index (χ1n) is 6.79. The van der Waals surface area contributed by atoms with Gasteiger partial charge in [0.1, 0.15) is 6.61 Å². The van der Waals surface area contributed by atoms with E-state index in [1.54, 1.807) is 0 Å². The molecule has 106 valence electrons. The largest absolute Gasteiger partial charge is 0.384 e. The lowest BCUT2D eigenvalue weighted by atomic mass is 9.99. The van der Waals surface area contributed by atoms with Gasteiger partial charge in [-0.05, 0) is 43.5 Å². The summed E-state index contributed by atoms with van der Waals surface area (Å²) in [5.74, 6) is 5.56. The summed E-state index contributed by atoms with van der Waals surface area (Å²) in [6, 6.07) is 5.60. The van der Waals surface area contributed by atoms with Gasteiger partial charge in [-0.3, -0.25) is 4.79 Å². The van der Waals surface area contributed by atoms with Crippen molar-refractivity contribution in [1.82, 2.24) is 0 Å². The molecule has 0 unspecified atom stereocenters. The molecule has 0 aromatic heterocycles. The Labute approximate surface area is 119 Å². The van der Waals surface area contributed by atoms with E-state index < -0.39 is 0 Å². The minimum absolute atomic E-state index is 0.0389. The second-order valence-electron chi connectivity index (χ2n) is 4.87. The number of aliphatic hydroxyl groups is 1. The van der Waals surface area contributed by atoms with E-state index in [9.17, 15) is 4.79 Å². The van der Waals surface area contributed by atoms with Crippen LogP contribution in [0.15, 0.2) is 18.2 Å². The molecule has 1 aliphatic heterocycles. The topological polar surface area (TPSA) is 58.6 Å². The maximum absolute atomic E-state index is 12.1. The number of aliphatic hydroxyl groups excluding tert-OH is 1. The molecule has 1 saturated heterocycles. The number of anilines is 1. The number of carbonyl (C=O) groups excluding carboxylic acids is 1. The van der Waals surface area contributed by atoms with Crippen LogP contribution in [0.3, 0.4) is 0 Å². The third-order valence-electron chi connectivity index (χ3n) is 3.39. The van der Waals surface area contributed by atoms with Crippen LogP contribution in [0.2, 0.25) is 0 Å². The molecule has 1 aromatic carbocycles. The Hall–Kier alpha value is -1.83. The van der Waals surface area contributed by atoms with Gasteiger partial charge in [-0.15, -0.1) is 0 Å². The number of carbonyl (C=O) groups is 1. The van der Waals surface area contributed by atoms with Crippen molar-refractivity contribution in [3.05, 3.63) is 29.3 Å². The molecule has 0 bridgehead atoms. The first-order chi connectivity index (χ1) is 9.70. The van der Waals surface area contributed by atoms with E-state index in [2.05, 4.69) is 17.2 Å². The quantitative estimate of drug-likeness (QED) is 0.806. The van der Waals surface area contributed by atoms with Crippen LogP contribution in [0.4, 0.5) is 5.69 Å². The first-order valence-corrected chi connectivity index (χ1v) is 6.79. The molecule has 0 atom stereocenters. The molecular weight excluding hydrogens is 254 g/mol. The molecule has 0 saturated carbocycles. The van der Waals surface area contributed by atoms with Gasteiger partial charge in [0.2, 0.25) is 5.91 Å². The van der Waals surface area contributed by atoms with Crippen molar-refractivity contribution >= 4 is 11.6 Å². The molecule has 20 heavy (non-hydrogen) atoms. The number of hydrogen-bond donors (Lipinski definition) is 2. The summed E-state index contributed by atoms with van der Waals surface area (Å²) in [7, 11) is 0. The maximum Gasteiger partial charge on any atom is 0.227 e. The standard InChI is InChI=1S/C16H19NO3/c1-12-11-13(3-2-8-18)4-5-15(12)17-16(19)14-6-9-20-10-7-14/h4-5,11,14,18H,6-10H2,1H3,(H,17,19). The molecule has 1 aromatic rings. The van der Waals surface area contributed by atoms with E-state index >= 15 is 0 Å². The zero-order valence-corrected chi connectivity index (χ0v) is 11.6. The molecule has 4 heteroatoms. The van der Waals surface area contributed by atoms with Gasteiger partial charge in [-0.2, -0.15) is 0 Å². The van der Waals surface area contributed by atoms with Crippen LogP contribution >= 0.6 is 0 Å². The monoisotopic (exact) mass is 273 g/mol. The predicted octanol–water partition coefficient (Wildman–Crippen LogP) is 1.70. The Morgan fingerprint density at radius 1 is 1.45 bits per heavy atom. The second-order valence-corrected chi connectivity index (χ2v) is 4.87. The van der Waals surface area contributed by atoms with Crippen molar-refractivity contribution in [2.45, 2.75) is 19.8 Å². The SMILES string of the molecule is Cc1cc(C#CCO)ccc1NC(=O)C1CCOCC1. The van der Waals surface area contributed by atoms with Crippen LogP contribution in [-0.4, -0.2) is 30.8 Å². The molecule has 1 amide bonds. The van der Waals surface area contributed by atoms with Crippen LogP contribution in [0.5, 0.6) is 0 Å². The van der Waals surface area contributed by atoms with Crippen molar-refractivity contribution in [2.75, 3.05) is 25.1 Å². The van der Waals surface area contributed by atoms with Crippen LogP contribution in [0.25, 0.3) is 0 Å². The minimum atomic E-state index is -0.152. The highest BCUT2D eigenvalue weighted by molar-refractivity contribution is 5.93. The molecule has 0 spiro atoms. The third kappa shape index (κ3) is 3.83. The van der Waals surface area contributed by atoms with Gasteiger partial charge < -0.3 is 15.2 Å². The van der Waals surface area contributed by atoms with Crippen molar-refractivity contribution in [1.29, 1.82) is 0 Å². The van der Waals surface area contributed by atoms with Crippen molar-refractivity contribution < 1.29 is 14.6 Å². The van der Waals surface area contributed by atoms with Crippen molar-refractivity contribution in [2.24, 2.45) is 5.92 Å². The molecule has 4 nitrogen and oxygen atoms in total. The summed E-state index contributed by atoms with van der Waals surface area (Å²) in [5, 5.41) is 11.6. The van der Waals surface area contributed by atoms with E-state index in [-0.39, 0.29) is 18.4 Å². The summed E-state index contributed by atoms with van der Waals surface area (Å²) in [5.41, 5.74) is 2.62. The zero-order valence-electron chi connectivity index (χ0n) is 11.6. The number of rotatable bonds is 2. The molecule has 1 heterocycles. The fourth-order valence-corrected chi connectivity index (χ4v) is 2.22. The Kier molecular flexibility index (Phi) is 5.16. The fraction of sp³-hybridized carbons (Fsp3) is 0.438. The van der Waals surface area contributed by atoms with Gasteiger partial charge >= 0.3 is 0 Å². The zero-order chi connectivity index (χ0) is 14.4. The average Bonchev–Trinajstić information content (AvgIpc) is 2.48. The second kappa shape index (κ2) is 7.09. The normalized spacial score (nSPS) is 15.3. The molecular formula is C16H19NO3. The number of benzene rings is 1. The van der Waals surface area contributed by atoms with Crippen molar-refractivity contribution in [3.8, 4) is 11.8 Å². The lowest BCUT2D eigenvalue weighted by Crippen LogP contribution is -2.28. The summed E-state index contributed by atoms with van der Waals surface area (Å²) < 4.78 is 5.26. The summed E-state index contributed by atoms with van der Waals surface area (Å²) in [6.45, 7) is 3.10. The summed E-state index contributed by atoms with van der Waals surface area (Å²) in [6.07, 6.45) is 1.57. The highest BCUT2D eigenvalue weighted by Gasteiger charge is 2.21. The molecule has 1 aliphatic rings. The first kappa shape index (κ1) is 14.6. The fourth-order valence-electron chi connectivity index (χ4n) is 2.22. The summed E-state index contributed by atoms with van der Waals surface area (Å²) in [4.78, 5) is 12.1. The Morgan fingerprint density at radius 2 is 2.20 bits per heavy atom.